The van der Waals surface area contributed by atoms with Crippen molar-refractivity contribution in [3.63, 3.8) is 0 Å². The fourth-order valence-corrected chi connectivity index (χ4v) is 3.92. The molecule has 0 saturated carbocycles. The highest BCUT2D eigenvalue weighted by atomic mass is 31.0. The van der Waals surface area contributed by atoms with Crippen LogP contribution < -0.4 is 0 Å². The molecule has 0 spiro atoms. The molecule has 1 heteroatoms. The Morgan fingerprint density at radius 2 is 0.792 bits per heavy atom. The molecular formula is C23H25P. The van der Waals surface area contributed by atoms with Gasteiger partial charge < -0.3 is 0 Å². The molecule has 1 unspecified atom stereocenters. The Hall–Kier alpha value is -1.91. The van der Waals surface area contributed by atoms with Crippen LogP contribution in [-0.2, 0) is 19.3 Å². The van der Waals surface area contributed by atoms with E-state index in [-0.39, 0.29) is 5.41 Å². The largest absolute Gasteiger partial charge is 0.137 e. The standard InChI is InChI=1S/C23H25P/c24-19-23(16-20-10-4-1-5-11-20,17-21-12-6-2-7-13-21)18-22-14-8-3-9-15-22/h1-15H,16-19,24H2. The number of benzene rings is 3. The molecule has 122 valence electrons. The average molecular weight is 332 g/mol. The molecule has 0 aliphatic carbocycles. The zero-order valence-corrected chi connectivity index (χ0v) is 15.2. The van der Waals surface area contributed by atoms with Gasteiger partial charge in [0.25, 0.3) is 0 Å². The lowest BCUT2D eigenvalue weighted by Gasteiger charge is -2.34. The molecule has 1 atom stereocenters. The van der Waals surface area contributed by atoms with E-state index in [1.54, 1.807) is 0 Å². The van der Waals surface area contributed by atoms with Crippen molar-refractivity contribution in [2.24, 2.45) is 5.41 Å². The Morgan fingerprint density at radius 3 is 1.04 bits per heavy atom. The van der Waals surface area contributed by atoms with Gasteiger partial charge in [-0.2, -0.15) is 0 Å². The Bertz CT molecular complexity index is 618. The second-order valence-corrected chi connectivity index (χ2v) is 7.10. The van der Waals surface area contributed by atoms with Crippen molar-refractivity contribution in [3.8, 4) is 0 Å². The van der Waals surface area contributed by atoms with Crippen LogP contribution in [0.4, 0.5) is 0 Å². The van der Waals surface area contributed by atoms with Gasteiger partial charge >= 0.3 is 0 Å². The molecule has 0 aliphatic rings. The van der Waals surface area contributed by atoms with E-state index in [4.69, 9.17) is 0 Å². The van der Waals surface area contributed by atoms with Crippen molar-refractivity contribution < 1.29 is 0 Å². The summed E-state index contributed by atoms with van der Waals surface area (Å²) in [6.45, 7) is 0. The molecule has 3 aromatic rings. The average Bonchev–Trinajstić information content (AvgIpc) is 2.64. The molecule has 24 heavy (non-hydrogen) atoms. The maximum atomic E-state index is 3.01. The van der Waals surface area contributed by atoms with Crippen molar-refractivity contribution >= 4 is 9.24 Å². The molecule has 0 radical (unpaired) electrons. The summed E-state index contributed by atoms with van der Waals surface area (Å²) >= 11 is 0. The predicted molar refractivity (Wildman–Crippen MR) is 107 cm³/mol. The van der Waals surface area contributed by atoms with Gasteiger partial charge in [0.05, 0.1) is 0 Å². The summed E-state index contributed by atoms with van der Waals surface area (Å²) in [5.74, 6) is 0. The van der Waals surface area contributed by atoms with Crippen LogP contribution >= 0.6 is 9.24 Å². The normalized spacial score (nSPS) is 11.4. The molecule has 3 rings (SSSR count). The minimum absolute atomic E-state index is 0.217. The molecule has 0 bridgehead atoms. The van der Waals surface area contributed by atoms with E-state index in [0.717, 1.165) is 25.4 Å². The van der Waals surface area contributed by atoms with Gasteiger partial charge in [0.15, 0.2) is 0 Å². The highest BCUT2D eigenvalue weighted by Crippen LogP contribution is 2.34. The quantitative estimate of drug-likeness (QED) is 0.496. The second kappa shape index (κ2) is 8.27. The van der Waals surface area contributed by atoms with Crippen LogP contribution in [-0.4, -0.2) is 6.16 Å². The summed E-state index contributed by atoms with van der Waals surface area (Å²) in [6, 6.07) is 32.7. The van der Waals surface area contributed by atoms with Crippen LogP contribution in [0.1, 0.15) is 16.7 Å². The van der Waals surface area contributed by atoms with Gasteiger partial charge in [-0.3, -0.25) is 0 Å². The minimum atomic E-state index is 0.217. The smallest absolute Gasteiger partial charge is 0.0142 e. The summed E-state index contributed by atoms with van der Waals surface area (Å²) in [5, 5.41) is 0. The van der Waals surface area contributed by atoms with E-state index < -0.39 is 0 Å². The van der Waals surface area contributed by atoms with E-state index in [1.807, 2.05) is 0 Å². The fraction of sp³-hybridized carbons (Fsp3) is 0.217. The van der Waals surface area contributed by atoms with Gasteiger partial charge in [0.1, 0.15) is 0 Å². The predicted octanol–water partition coefficient (Wildman–Crippen LogP) is 5.58. The number of hydrogen-bond acceptors (Lipinski definition) is 0. The minimum Gasteiger partial charge on any atom is -0.137 e. The van der Waals surface area contributed by atoms with Crippen molar-refractivity contribution in [2.75, 3.05) is 6.16 Å². The van der Waals surface area contributed by atoms with E-state index in [1.165, 1.54) is 16.7 Å². The Balaban J connectivity index is 1.91. The maximum absolute atomic E-state index is 3.01. The monoisotopic (exact) mass is 332 g/mol. The highest BCUT2D eigenvalue weighted by Gasteiger charge is 2.29. The van der Waals surface area contributed by atoms with Gasteiger partial charge in [0.2, 0.25) is 0 Å². The molecule has 0 aliphatic heterocycles. The van der Waals surface area contributed by atoms with Gasteiger partial charge in [-0.1, -0.05) is 91.0 Å². The van der Waals surface area contributed by atoms with E-state index in [9.17, 15) is 0 Å². The van der Waals surface area contributed by atoms with Crippen molar-refractivity contribution in [1.29, 1.82) is 0 Å². The van der Waals surface area contributed by atoms with E-state index in [2.05, 4.69) is 100 Å². The molecule has 0 N–H and O–H groups in total. The Labute approximate surface area is 148 Å². The third-order valence-electron chi connectivity index (χ3n) is 4.70. The number of hydrogen-bond donors (Lipinski definition) is 0. The van der Waals surface area contributed by atoms with Crippen molar-refractivity contribution in [1.82, 2.24) is 0 Å². The van der Waals surface area contributed by atoms with Crippen LogP contribution in [0.3, 0.4) is 0 Å². The molecule has 3 aromatic carbocycles. The van der Waals surface area contributed by atoms with Crippen molar-refractivity contribution in [3.05, 3.63) is 108 Å². The first-order valence-corrected chi connectivity index (χ1v) is 9.43. The number of rotatable bonds is 7. The first kappa shape index (κ1) is 16.9. The summed E-state index contributed by atoms with van der Waals surface area (Å²) in [5.41, 5.74) is 4.49. The van der Waals surface area contributed by atoms with Crippen molar-refractivity contribution in [2.45, 2.75) is 19.3 Å². The molecule has 0 nitrogen and oxygen atoms in total. The zero-order chi connectivity index (χ0) is 16.7. The van der Waals surface area contributed by atoms with Crippen LogP contribution in [0.25, 0.3) is 0 Å². The van der Waals surface area contributed by atoms with Gasteiger partial charge in [0, 0.05) is 0 Å². The first-order valence-electron chi connectivity index (χ1n) is 8.62. The second-order valence-electron chi connectivity index (χ2n) is 6.69. The summed E-state index contributed by atoms with van der Waals surface area (Å²) in [7, 11) is 3.01. The molecule has 0 saturated heterocycles. The zero-order valence-electron chi connectivity index (χ0n) is 14.1. The Kier molecular flexibility index (Phi) is 5.83. The fourth-order valence-electron chi connectivity index (χ4n) is 3.49. The molecule has 0 heterocycles. The third-order valence-corrected chi connectivity index (χ3v) is 5.56. The molecule has 0 fully saturated rings. The van der Waals surface area contributed by atoms with E-state index in [0.29, 0.717) is 0 Å². The maximum Gasteiger partial charge on any atom is -0.0142 e. The van der Waals surface area contributed by atoms with Gasteiger partial charge in [-0.15, -0.1) is 9.24 Å². The van der Waals surface area contributed by atoms with Crippen LogP contribution in [0.15, 0.2) is 91.0 Å². The van der Waals surface area contributed by atoms with Crippen LogP contribution in [0.2, 0.25) is 0 Å². The lowest BCUT2D eigenvalue weighted by Crippen LogP contribution is -2.31. The van der Waals surface area contributed by atoms with Gasteiger partial charge in [-0.05, 0) is 47.5 Å². The van der Waals surface area contributed by atoms with Crippen LogP contribution in [0, 0.1) is 5.41 Å². The third kappa shape index (κ3) is 4.56. The summed E-state index contributed by atoms with van der Waals surface area (Å²) in [6.07, 6.45) is 4.38. The first-order chi connectivity index (χ1) is 11.8. The highest BCUT2D eigenvalue weighted by molar-refractivity contribution is 7.16. The van der Waals surface area contributed by atoms with Crippen LogP contribution in [0.5, 0.6) is 0 Å². The summed E-state index contributed by atoms with van der Waals surface area (Å²) < 4.78 is 0. The lowest BCUT2D eigenvalue weighted by atomic mass is 9.74. The van der Waals surface area contributed by atoms with E-state index >= 15 is 0 Å². The topological polar surface area (TPSA) is 0 Å². The lowest BCUT2D eigenvalue weighted by molar-refractivity contribution is 0.324. The summed E-state index contributed by atoms with van der Waals surface area (Å²) in [4.78, 5) is 0. The van der Waals surface area contributed by atoms with Gasteiger partial charge in [-0.25, -0.2) is 0 Å². The SMILES string of the molecule is PCC(Cc1ccccc1)(Cc1ccccc1)Cc1ccccc1. The Morgan fingerprint density at radius 1 is 0.500 bits per heavy atom. The molecule has 0 aromatic heterocycles. The molecule has 0 amide bonds. The molecular weight excluding hydrogens is 307 g/mol.